The fraction of sp³-hybridized carbons (Fsp3) is 0.349. The predicted molar refractivity (Wildman–Crippen MR) is 213 cm³/mol. The van der Waals surface area contributed by atoms with Crippen LogP contribution < -0.4 is 20.5 Å². The summed E-state index contributed by atoms with van der Waals surface area (Å²) in [5.41, 5.74) is 1.97. The number of methoxy groups -OCH3 is 2. The van der Waals surface area contributed by atoms with Gasteiger partial charge in [0.05, 0.1) is 20.8 Å². The highest BCUT2D eigenvalue weighted by atomic mass is 28.4. The van der Waals surface area contributed by atoms with Crippen LogP contribution in [-0.4, -0.2) is 62.1 Å². The van der Waals surface area contributed by atoms with Gasteiger partial charge in [0.1, 0.15) is 41.2 Å². The summed E-state index contributed by atoms with van der Waals surface area (Å²) in [6.07, 6.45) is -2.22. The van der Waals surface area contributed by atoms with E-state index in [0.29, 0.717) is 23.9 Å². The van der Waals surface area contributed by atoms with Gasteiger partial charge >= 0.3 is 5.69 Å². The topological polar surface area (TPSA) is 113 Å². The van der Waals surface area contributed by atoms with Crippen LogP contribution in [0.25, 0.3) is 0 Å². The van der Waals surface area contributed by atoms with Gasteiger partial charge < -0.3 is 33.8 Å². The van der Waals surface area contributed by atoms with E-state index in [1.165, 1.54) is 4.57 Å². The number of nitrogens with one attached hydrogen (secondary N) is 1. The molecule has 11 heteroatoms. The van der Waals surface area contributed by atoms with Crippen molar-refractivity contribution in [1.82, 2.24) is 9.55 Å². The predicted octanol–water partition coefficient (Wildman–Crippen LogP) is 7.53. The molecule has 284 valence electrons. The lowest BCUT2D eigenvalue weighted by Crippen LogP contribution is -2.50. The molecule has 1 aliphatic heterocycles. The van der Waals surface area contributed by atoms with Gasteiger partial charge in [0, 0.05) is 12.7 Å². The van der Waals surface area contributed by atoms with E-state index in [2.05, 4.69) is 44.2 Å². The Morgan fingerprint density at radius 3 is 1.85 bits per heavy atom. The molecule has 2 N–H and O–H groups in total. The van der Waals surface area contributed by atoms with Gasteiger partial charge in [-0.3, -0.25) is 4.57 Å². The highest BCUT2D eigenvalue weighted by Gasteiger charge is 2.51. The lowest BCUT2D eigenvalue weighted by Gasteiger charge is -2.41. The molecule has 4 aromatic carbocycles. The van der Waals surface area contributed by atoms with Crippen molar-refractivity contribution < 1.29 is 28.5 Å². The number of hydrogen-bond acceptors (Lipinski definition) is 9. The fourth-order valence-corrected chi connectivity index (χ4v) is 7.85. The molecule has 2 heterocycles. The number of ether oxygens (including phenoxy) is 4. The zero-order valence-electron chi connectivity index (χ0n) is 32.1. The van der Waals surface area contributed by atoms with E-state index >= 15 is 0 Å². The van der Waals surface area contributed by atoms with Crippen LogP contribution in [0.5, 0.6) is 11.5 Å². The summed E-state index contributed by atoms with van der Waals surface area (Å²) < 4.78 is 33.1. The lowest BCUT2D eigenvalue weighted by molar-refractivity contribution is -0.0947. The van der Waals surface area contributed by atoms with Crippen LogP contribution in [0.4, 0.5) is 5.82 Å². The first-order valence-corrected chi connectivity index (χ1v) is 21.1. The average Bonchev–Trinajstić information content (AvgIpc) is 3.48. The molecule has 0 spiro atoms. The minimum absolute atomic E-state index is 0.0126. The molecule has 0 radical (unpaired) electrons. The van der Waals surface area contributed by atoms with Crippen molar-refractivity contribution in [3.63, 3.8) is 0 Å². The van der Waals surface area contributed by atoms with E-state index in [1.807, 2.05) is 109 Å². The molecule has 1 aliphatic rings. The molecule has 0 amide bonds. The minimum atomic E-state index is -2.47. The van der Waals surface area contributed by atoms with Crippen LogP contribution >= 0.6 is 0 Å². The molecule has 6 rings (SSSR count). The van der Waals surface area contributed by atoms with Gasteiger partial charge in [0.2, 0.25) is 0 Å². The Morgan fingerprint density at radius 1 is 0.796 bits per heavy atom. The Balaban J connectivity index is 1.38. The zero-order chi connectivity index (χ0) is 38.5. The van der Waals surface area contributed by atoms with Gasteiger partial charge in [-0.1, -0.05) is 106 Å². The van der Waals surface area contributed by atoms with Gasteiger partial charge in [-0.15, -0.1) is 0 Å². The molecular weight excluding hydrogens is 699 g/mol. The number of nitrogens with zero attached hydrogens (tertiary/aromatic N) is 2. The summed E-state index contributed by atoms with van der Waals surface area (Å²) in [5.74, 6) is 1.85. The minimum Gasteiger partial charge on any atom is -0.497 e. The van der Waals surface area contributed by atoms with Gasteiger partial charge in [-0.2, -0.15) is 4.98 Å². The highest BCUT2D eigenvalue weighted by molar-refractivity contribution is 6.74. The third-order valence-electron chi connectivity index (χ3n) is 10.6. The summed E-state index contributed by atoms with van der Waals surface area (Å²) in [4.78, 5) is 17.8. The molecule has 10 nitrogen and oxygen atoms in total. The van der Waals surface area contributed by atoms with Crippen molar-refractivity contribution in [2.45, 2.75) is 75.6 Å². The van der Waals surface area contributed by atoms with E-state index in [-0.39, 0.29) is 11.6 Å². The fourth-order valence-electron chi connectivity index (χ4n) is 6.52. The summed E-state index contributed by atoms with van der Waals surface area (Å²) >= 11 is 0. The molecular formula is C43H51N3O7Si. The van der Waals surface area contributed by atoms with Crippen LogP contribution in [0.2, 0.25) is 18.1 Å². The maximum absolute atomic E-state index is 13.6. The second-order valence-electron chi connectivity index (χ2n) is 15.1. The number of anilines is 1. The molecule has 5 aromatic rings. The Hall–Kier alpha value is -4.78. The smallest absolute Gasteiger partial charge is 0.351 e. The van der Waals surface area contributed by atoms with Crippen molar-refractivity contribution in [1.29, 1.82) is 0 Å². The lowest BCUT2D eigenvalue weighted by atomic mass is 9.80. The largest absolute Gasteiger partial charge is 0.497 e. The van der Waals surface area contributed by atoms with Gasteiger partial charge in [-0.25, -0.2) is 4.79 Å². The van der Waals surface area contributed by atoms with Crippen molar-refractivity contribution >= 4 is 14.1 Å². The molecule has 54 heavy (non-hydrogen) atoms. The quantitative estimate of drug-likeness (QED) is 0.0879. The third kappa shape index (κ3) is 8.15. The maximum atomic E-state index is 13.6. The van der Waals surface area contributed by atoms with Gasteiger partial charge in [-0.05, 0) is 70.7 Å². The molecule has 1 fully saturated rings. The van der Waals surface area contributed by atoms with Crippen LogP contribution in [0, 0.1) is 0 Å². The Morgan fingerprint density at radius 2 is 1.33 bits per heavy atom. The van der Waals surface area contributed by atoms with E-state index in [4.69, 9.17) is 23.4 Å². The second kappa shape index (κ2) is 16.3. The number of aromatic nitrogens is 2. The first-order chi connectivity index (χ1) is 25.9. The van der Waals surface area contributed by atoms with Crippen LogP contribution in [-0.2, 0) is 26.0 Å². The Bertz CT molecular complexity index is 1970. The molecule has 0 saturated carbocycles. The Kier molecular flexibility index (Phi) is 11.7. The SMILES string of the molecule is COc1ccc(C(OC[C@H]2O[C@@H](n3ccc(NCc4ccccc4)nc3=O)[C@H](O)[C@@H]2O[Si](C)(C)C(C)(C)C)(c2ccccc2)c2ccc(OC)cc2)cc1. The van der Waals surface area contributed by atoms with Crippen LogP contribution in [0.15, 0.2) is 126 Å². The number of hydrogen-bond donors (Lipinski definition) is 2. The van der Waals surface area contributed by atoms with Crippen molar-refractivity contribution in [3.05, 3.63) is 154 Å². The summed E-state index contributed by atoms with van der Waals surface area (Å²) in [7, 11) is 0.798. The van der Waals surface area contributed by atoms with Crippen molar-refractivity contribution in [2.24, 2.45) is 0 Å². The highest BCUT2D eigenvalue weighted by Crippen LogP contribution is 2.45. The van der Waals surface area contributed by atoms with E-state index < -0.39 is 44.1 Å². The zero-order valence-corrected chi connectivity index (χ0v) is 33.1. The number of rotatable bonds is 14. The molecule has 0 unspecified atom stereocenters. The maximum Gasteiger partial charge on any atom is 0.351 e. The van der Waals surface area contributed by atoms with Crippen molar-refractivity contribution in [2.75, 3.05) is 26.1 Å². The third-order valence-corrected chi connectivity index (χ3v) is 15.1. The molecule has 0 aliphatic carbocycles. The average molecular weight is 750 g/mol. The first kappa shape index (κ1) is 38.9. The van der Waals surface area contributed by atoms with Crippen molar-refractivity contribution in [3.8, 4) is 11.5 Å². The van der Waals surface area contributed by atoms with Crippen LogP contribution in [0.1, 0.15) is 49.3 Å². The van der Waals surface area contributed by atoms with E-state index in [0.717, 1.165) is 22.3 Å². The van der Waals surface area contributed by atoms with Gasteiger partial charge in [0.15, 0.2) is 14.5 Å². The van der Waals surface area contributed by atoms with E-state index in [9.17, 15) is 9.90 Å². The number of benzene rings is 4. The summed E-state index contributed by atoms with van der Waals surface area (Å²) in [6, 6.07) is 37.2. The van der Waals surface area contributed by atoms with E-state index in [1.54, 1.807) is 26.5 Å². The van der Waals surface area contributed by atoms with Crippen LogP contribution in [0.3, 0.4) is 0 Å². The number of aliphatic hydroxyl groups is 1. The molecule has 0 bridgehead atoms. The molecule has 1 saturated heterocycles. The summed E-state index contributed by atoms with van der Waals surface area (Å²) in [6.45, 7) is 11.2. The monoisotopic (exact) mass is 749 g/mol. The number of aliphatic hydroxyl groups excluding tert-OH is 1. The van der Waals surface area contributed by atoms with Gasteiger partial charge in [0.25, 0.3) is 0 Å². The Labute approximate surface area is 318 Å². The molecule has 1 aromatic heterocycles. The second-order valence-corrected chi connectivity index (χ2v) is 19.8. The summed E-state index contributed by atoms with van der Waals surface area (Å²) in [5, 5.41) is 15.1. The standard InChI is InChI=1S/C43H51N3O7Si/c1-42(2,3)54(6,7)53-39-36(52-40(38(39)47)46-27-26-37(45-41(46)48)44-28-30-14-10-8-11-15-30)29-51-43(31-16-12-9-13-17-31,32-18-22-34(49-4)23-19-32)33-20-24-35(50-5)25-21-33/h8-27,36,38-40,47H,28-29H2,1-7H3,(H,44,45,48)/t36-,38-,39-,40-/m1/s1. The molecule has 4 atom stereocenters. The normalized spacial score (nSPS) is 19.0. The first-order valence-electron chi connectivity index (χ1n) is 18.2.